The van der Waals surface area contributed by atoms with Crippen LogP contribution in [0.25, 0.3) is 0 Å². The molecule has 1 N–H and O–H groups in total. The molecule has 2 aromatic rings. The molecule has 20 heavy (non-hydrogen) atoms. The van der Waals surface area contributed by atoms with Gasteiger partial charge in [-0.05, 0) is 12.0 Å². The quantitative estimate of drug-likeness (QED) is 0.908. The maximum atomic E-state index is 12.2. The first-order valence-corrected chi connectivity index (χ1v) is 6.79. The van der Waals surface area contributed by atoms with Gasteiger partial charge in [0.25, 0.3) is 5.91 Å². The summed E-state index contributed by atoms with van der Waals surface area (Å²) in [6, 6.07) is 10.1. The Kier molecular flexibility index (Phi) is 4.50. The van der Waals surface area contributed by atoms with Gasteiger partial charge in [0.15, 0.2) is 0 Å². The maximum Gasteiger partial charge on any atom is 0.293 e. The van der Waals surface area contributed by atoms with Crippen LogP contribution in [0.4, 0.5) is 0 Å². The van der Waals surface area contributed by atoms with Gasteiger partial charge in [0.2, 0.25) is 5.82 Å². The van der Waals surface area contributed by atoms with Gasteiger partial charge < -0.3 is 4.90 Å². The van der Waals surface area contributed by atoms with Gasteiger partial charge in [0.1, 0.15) is 5.82 Å². The van der Waals surface area contributed by atoms with Gasteiger partial charge in [-0.1, -0.05) is 44.2 Å². The Morgan fingerprint density at radius 3 is 2.60 bits per heavy atom. The largest absolute Gasteiger partial charge is 0.339 e. The number of aromatic amines is 1. The summed E-state index contributed by atoms with van der Waals surface area (Å²) in [6.45, 7) is 4.66. The van der Waals surface area contributed by atoms with Crippen LogP contribution in [0.15, 0.2) is 30.3 Å². The lowest BCUT2D eigenvalue weighted by atomic mass is 10.1. The minimum atomic E-state index is -0.149. The van der Waals surface area contributed by atoms with Crippen LogP contribution in [0.1, 0.15) is 41.8 Å². The number of likely N-dealkylation sites (N-methyl/N-ethyl adjacent to an activating group) is 1. The first-order valence-electron chi connectivity index (χ1n) is 6.79. The van der Waals surface area contributed by atoms with Crippen LogP contribution in [0.5, 0.6) is 0 Å². The molecule has 0 atom stereocenters. The first-order chi connectivity index (χ1) is 9.58. The van der Waals surface area contributed by atoms with E-state index in [0.717, 1.165) is 12.2 Å². The Bertz CT molecular complexity index is 562. The molecule has 0 unspecified atom stereocenters. The van der Waals surface area contributed by atoms with Crippen molar-refractivity contribution >= 4 is 5.91 Å². The Balaban J connectivity index is 1.94. The molecule has 1 heterocycles. The molecule has 5 nitrogen and oxygen atoms in total. The second kappa shape index (κ2) is 6.32. The molecule has 0 spiro atoms. The molecule has 1 aromatic carbocycles. The maximum absolute atomic E-state index is 12.2. The van der Waals surface area contributed by atoms with Crippen LogP contribution in [-0.2, 0) is 6.42 Å². The predicted octanol–water partition coefficient (Wildman–Crippen LogP) is 2.24. The minimum absolute atomic E-state index is 0.149. The number of rotatable bonds is 5. The molecule has 1 amide bonds. The van der Waals surface area contributed by atoms with Crippen LogP contribution in [0.2, 0.25) is 0 Å². The minimum Gasteiger partial charge on any atom is -0.339 e. The van der Waals surface area contributed by atoms with E-state index in [9.17, 15) is 4.79 Å². The second-order valence-corrected chi connectivity index (χ2v) is 5.16. The molecule has 106 valence electrons. The average molecular weight is 272 g/mol. The number of aromatic nitrogens is 3. The van der Waals surface area contributed by atoms with Crippen LogP contribution < -0.4 is 0 Å². The van der Waals surface area contributed by atoms with E-state index in [4.69, 9.17) is 0 Å². The molecular formula is C15H20N4O. The summed E-state index contributed by atoms with van der Waals surface area (Å²) < 4.78 is 0. The Labute approximate surface area is 119 Å². The van der Waals surface area contributed by atoms with Gasteiger partial charge in [-0.15, -0.1) is 5.10 Å². The molecule has 1 aromatic heterocycles. The van der Waals surface area contributed by atoms with Gasteiger partial charge in [0.05, 0.1) is 0 Å². The van der Waals surface area contributed by atoms with Crippen molar-refractivity contribution in [1.29, 1.82) is 0 Å². The Morgan fingerprint density at radius 2 is 2.00 bits per heavy atom. The molecular weight excluding hydrogens is 252 g/mol. The molecule has 0 aliphatic heterocycles. The highest BCUT2D eigenvalue weighted by molar-refractivity contribution is 5.90. The number of H-pyrrole nitrogens is 1. The number of amides is 1. The van der Waals surface area contributed by atoms with Gasteiger partial charge in [-0.3, -0.25) is 9.89 Å². The lowest BCUT2D eigenvalue weighted by Gasteiger charge is -2.15. The summed E-state index contributed by atoms with van der Waals surface area (Å²) in [5, 5.41) is 6.79. The van der Waals surface area contributed by atoms with Crippen molar-refractivity contribution in [2.45, 2.75) is 26.2 Å². The second-order valence-electron chi connectivity index (χ2n) is 5.16. The molecule has 2 rings (SSSR count). The van der Waals surface area contributed by atoms with Crippen molar-refractivity contribution in [1.82, 2.24) is 20.1 Å². The number of hydrogen-bond acceptors (Lipinski definition) is 3. The third-order valence-corrected chi connectivity index (χ3v) is 3.17. The van der Waals surface area contributed by atoms with E-state index in [2.05, 4.69) is 27.3 Å². The third kappa shape index (κ3) is 3.44. The topological polar surface area (TPSA) is 61.9 Å². The molecule has 0 aliphatic carbocycles. The van der Waals surface area contributed by atoms with E-state index in [1.807, 2.05) is 32.0 Å². The van der Waals surface area contributed by atoms with E-state index < -0.39 is 0 Å². The van der Waals surface area contributed by atoms with Crippen LogP contribution in [-0.4, -0.2) is 39.6 Å². The van der Waals surface area contributed by atoms with Gasteiger partial charge in [-0.25, -0.2) is 4.98 Å². The number of carbonyl (C=O) groups excluding carboxylic acids is 1. The standard InChI is InChI=1S/C15H20N4O/c1-11(2)13-16-14(18-17-13)15(20)19(3)10-9-12-7-5-4-6-8-12/h4-8,11H,9-10H2,1-3H3,(H,16,17,18). The van der Waals surface area contributed by atoms with Gasteiger partial charge >= 0.3 is 0 Å². The zero-order valence-corrected chi connectivity index (χ0v) is 12.1. The zero-order valence-electron chi connectivity index (χ0n) is 12.1. The highest BCUT2D eigenvalue weighted by Crippen LogP contribution is 2.09. The lowest BCUT2D eigenvalue weighted by molar-refractivity contribution is 0.0785. The predicted molar refractivity (Wildman–Crippen MR) is 77.6 cm³/mol. The van der Waals surface area contributed by atoms with E-state index in [1.54, 1.807) is 11.9 Å². The monoisotopic (exact) mass is 272 g/mol. The molecule has 0 bridgehead atoms. The van der Waals surface area contributed by atoms with E-state index in [0.29, 0.717) is 6.54 Å². The van der Waals surface area contributed by atoms with Gasteiger partial charge in [-0.2, -0.15) is 0 Å². The first kappa shape index (κ1) is 14.2. The molecule has 0 saturated carbocycles. The number of benzene rings is 1. The van der Waals surface area contributed by atoms with Crippen molar-refractivity contribution in [3.63, 3.8) is 0 Å². The summed E-state index contributed by atoms with van der Waals surface area (Å²) >= 11 is 0. The molecule has 0 radical (unpaired) electrons. The third-order valence-electron chi connectivity index (χ3n) is 3.17. The smallest absolute Gasteiger partial charge is 0.293 e. The zero-order chi connectivity index (χ0) is 14.5. The molecule has 0 fully saturated rings. The normalized spacial score (nSPS) is 10.8. The van der Waals surface area contributed by atoms with E-state index in [1.165, 1.54) is 5.56 Å². The fourth-order valence-corrected chi connectivity index (χ4v) is 1.84. The highest BCUT2D eigenvalue weighted by atomic mass is 16.2. The Morgan fingerprint density at radius 1 is 1.30 bits per heavy atom. The number of nitrogens with zero attached hydrogens (tertiary/aromatic N) is 3. The fourth-order valence-electron chi connectivity index (χ4n) is 1.84. The summed E-state index contributed by atoms with van der Waals surface area (Å²) in [4.78, 5) is 18.1. The van der Waals surface area contributed by atoms with Crippen molar-refractivity contribution < 1.29 is 4.79 Å². The summed E-state index contributed by atoms with van der Waals surface area (Å²) in [6.07, 6.45) is 0.824. The van der Waals surface area contributed by atoms with Crippen LogP contribution >= 0.6 is 0 Å². The van der Waals surface area contributed by atoms with Gasteiger partial charge in [0, 0.05) is 19.5 Å². The van der Waals surface area contributed by atoms with Crippen molar-refractivity contribution in [3.8, 4) is 0 Å². The fraction of sp³-hybridized carbons (Fsp3) is 0.400. The highest BCUT2D eigenvalue weighted by Gasteiger charge is 2.17. The average Bonchev–Trinajstić information content (AvgIpc) is 2.95. The van der Waals surface area contributed by atoms with Crippen LogP contribution in [0.3, 0.4) is 0 Å². The van der Waals surface area contributed by atoms with Crippen molar-refractivity contribution in [2.24, 2.45) is 0 Å². The van der Waals surface area contributed by atoms with E-state index in [-0.39, 0.29) is 17.6 Å². The van der Waals surface area contributed by atoms with Crippen molar-refractivity contribution in [3.05, 3.63) is 47.5 Å². The summed E-state index contributed by atoms with van der Waals surface area (Å²) in [5.74, 6) is 1.07. The SMILES string of the molecule is CC(C)c1nc(C(=O)N(C)CCc2ccccc2)n[nH]1. The number of carbonyl (C=O) groups is 1. The van der Waals surface area contributed by atoms with Crippen LogP contribution in [0, 0.1) is 0 Å². The lowest BCUT2D eigenvalue weighted by Crippen LogP contribution is -2.29. The Hall–Kier alpha value is -2.17. The summed E-state index contributed by atoms with van der Waals surface area (Å²) in [7, 11) is 1.77. The van der Waals surface area contributed by atoms with Crippen molar-refractivity contribution in [2.75, 3.05) is 13.6 Å². The van der Waals surface area contributed by atoms with E-state index >= 15 is 0 Å². The molecule has 5 heteroatoms. The molecule has 0 aliphatic rings. The molecule has 0 saturated heterocycles. The number of nitrogens with one attached hydrogen (secondary N) is 1. The summed E-state index contributed by atoms with van der Waals surface area (Å²) in [5.41, 5.74) is 1.21. The number of hydrogen-bond donors (Lipinski definition) is 1.